The van der Waals surface area contributed by atoms with E-state index in [4.69, 9.17) is 0 Å². The number of rotatable bonds is 6. The van der Waals surface area contributed by atoms with Crippen molar-refractivity contribution in [3.63, 3.8) is 0 Å². The molecule has 21 heavy (non-hydrogen) atoms. The van der Waals surface area contributed by atoms with Crippen molar-refractivity contribution >= 4 is 11.7 Å². The first-order valence-electron chi connectivity index (χ1n) is 6.69. The fourth-order valence-electron chi connectivity index (χ4n) is 2.01. The number of likely N-dealkylation sites (N-methyl/N-ethyl adjacent to an activating group) is 1. The van der Waals surface area contributed by atoms with E-state index in [1.807, 2.05) is 0 Å². The van der Waals surface area contributed by atoms with Crippen LogP contribution in [0.15, 0.2) is 18.2 Å². The fraction of sp³-hybridized carbons (Fsp3) is 0.467. The van der Waals surface area contributed by atoms with Gasteiger partial charge in [-0.3, -0.25) is 14.5 Å². The van der Waals surface area contributed by atoms with Crippen LogP contribution in [-0.2, 0) is 4.79 Å². The first-order valence-corrected chi connectivity index (χ1v) is 6.69. The van der Waals surface area contributed by atoms with Gasteiger partial charge in [0.1, 0.15) is 0 Å². The summed E-state index contributed by atoms with van der Waals surface area (Å²) >= 11 is 0. The van der Waals surface area contributed by atoms with Crippen LogP contribution in [-0.4, -0.2) is 43.3 Å². The zero-order valence-electron chi connectivity index (χ0n) is 12.6. The van der Waals surface area contributed by atoms with E-state index in [2.05, 4.69) is 5.32 Å². The lowest BCUT2D eigenvalue weighted by Gasteiger charge is -2.26. The van der Waals surface area contributed by atoms with E-state index in [1.165, 1.54) is 6.07 Å². The molecular formula is C15H20F2N2O2. The lowest BCUT2D eigenvalue weighted by Crippen LogP contribution is -2.42. The van der Waals surface area contributed by atoms with E-state index in [0.29, 0.717) is 6.54 Å². The van der Waals surface area contributed by atoms with Gasteiger partial charge in [-0.2, -0.15) is 0 Å². The number of nitrogens with zero attached hydrogens (tertiary/aromatic N) is 1. The minimum absolute atomic E-state index is 0.112. The van der Waals surface area contributed by atoms with Gasteiger partial charge in [0.25, 0.3) is 0 Å². The monoisotopic (exact) mass is 298 g/mol. The standard InChI is InChI=1S/C15H20F2N2O2/c1-9(15(21)18-3)8-19(4)10(2)14(20)11-5-6-12(16)13(17)7-11/h5-7,9-10H,8H2,1-4H3,(H,18,21). The lowest BCUT2D eigenvalue weighted by molar-refractivity contribution is -0.124. The Balaban J connectivity index is 2.77. The molecule has 0 aliphatic rings. The Labute approximate surface area is 123 Å². The molecule has 2 unspecified atom stereocenters. The summed E-state index contributed by atoms with van der Waals surface area (Å²) in [4.78, 5) is 25.4. The van der Waals surface area contributed by atoms with E-state index >= 15 is 0 Å². The van der Waals surface area contributed by atoms with Crippen LogP contribution < -0.4 is 5.32 Å². The highest BCUT2D eigenvalue weighted by atomic mass is 19.2. The van der Waals surface area contributed by atoms with Crippen molar-refractivity contribution in [2.45, 2.75) is 19.9 Å². The number of carbonyl (C=O) groups is 2. The quantitative estimate of drug-likeness (QED) is 0.815. The molecule has 6 heteroatoms. The molecule has 0 saturated carbocycles. The van der Waals surface area contributed by atoms with Crippen molar-refractivity contribution in [2.75, 3.05) is 20.6 Å². The van der Waals surface area contributed by atoms with Gasteiger partial charge in [0, 0.05) is 25.1 Å². The van der Waals surface area contributed by atoms with Gasteiger partial charge in [-0.25, -0.2) is 8.78 Å². The minimum Gasteiger partial charge on any atom is -0.359 e. The summed E-state index contributed by atoms with van der Waals surface area (Å²) in [5.41, 5.74) is 0.112. The number of amides is 1. The second-order valence-electron chi connectivity index (χ2n) is 5.12. The van der Waals surface area contributed by atoms with Crippen LogP contribution in [0.3, 0.4) is 0 Å². The van der Waals surface area contributed by atoms with Gasteiger partial charge in [-0.15, -0.1) is 0 Å². The third kappa shape index (κ3) is 4.32. The Bertz CT molecular complexity index is 534. The van der Waals surface area contributed by atoms with Crippen LogP contribution >= 0.6 is 0 Å². The van der Waals surface area contributed by atoms with Crippen LogP contribution in [0, 0.1) is 17.6 Å². The zero-order valence-corrected chi connectivity index (χ0v) is 12.6. The molecule has 0 fully saturated rings. The Kier molecular flexibility index (Phi) is 5.96. The fourth-order valence-corrected chi connectivity index (χ4v) is 2.01. The van der Waals surface area contributed by atoms with Crippen molar-refractivity contribution in [1.82, 2.24) is 10.2 Å². The van der Waals surface area contributed by atoms with Crippen molar-refractivity contribution in [2.24, 2.45) is 5.92 Å². The number of benzene rings is 1. The molecule has 0 radical (unpaired) electrons. The van der Waals surface area contributed by atoms with Gasteiger partial charge in [-0.05, 0) is 32.2 Å². The van der Waals surface area contributed by atoms with Crippen LogP contribution in [0.2, 0.25) is 0 Å². The Hall–Kier alpha value is -1.82. The molecule has 4 nitrogen and oxygen atoms in total. The van der Waals surface area contributed by atoms with E-state index in [-0.39, 0.29) is 23.2 Å². The highest BCUT2D eigenvalue weighted by Gasteiger charge is 2.23. The topological polar surface area (TPSA) is 49.4 Å². The molecule has 1 N–H and O–H groups in total. The van der Waals surface area contributed by atoms with Gasteiger partial charge in [0.2, 0.25) is 5.91 Å². The molecule has 0 aliphatic heterocycles. The van der Waals surface area contributed by atoms with Crippen LogP contribution in [0.4, 0.5) is 8.78 Å². The summed E-state index contributed by atoms with van der Waals surface area (Å²) < 4.78 is 26.1. The number of ketones is 1. The average Bonchev–Trinajstić information content (AvgIpc) is 2.47. The maximum atomic E-state index is 13.2. The Morgan fingerprint density at radius 2 is 1.86 bits per heavy atom. The molecule has 1 amide bonds. The zero-order chi connectivity index (χ0) is 16.2. The molecule has 116 valence electrons. The number of nitrogens with one attached hydrogen (secondary N) is 1. The normalized spacial score (nSPS) is 13.9. The first kappa shape index (κ1) is 17.2. The van der Waals surface area contributed by atoms with Crippen LogP contribution in [0.5, 0.6) is 0 Å². The molecule has 2 atom stereocenters. The molecular weight excluding hydrogens is 278 g/mol. The smallest absolute Gasteiger partial charge is 0.223 e. The van der Waals surface area contributed by atoms with Crippen LogP contribution in [0.1, 0.15) is 24.2 Å². The molecule has 0 spiro atoms. The predicted octanol–water partition coefficient (Wildman–Crippen LogP) is 1.85. The van der Waals surface area contributed by atoms with Gasteiger partial charge >= 0.3 is 0 Å². The van der Waals surface area contributed by atoms with Gasteiger partial charge in [0.05, 0.1) is 6.04 Å². The van der Waals surface area contributed by atoms with Crippen molar-refractivity contribution in [1.29, 1.82) is 0 Å². The highest BCUT2D eigenvalue weighted by molar-refractivity contribution is 5.99. The summed E-state index contributed by atoms with van der Waals surface area (Å²) in [5.74, 6) is -2.75. The largest absolute Gasteiger partial charge is 0.359 e. The van der Waals surface area contributed by atoms with E-state index in [9.17, 15) is 18.4 Å². The minimum atomic E-state index is -1.05. The van der Waals surface area contributed by atoms with Gasteiger partial charge in [0.15, 0.2) is 17.4 Å². The third-order valence-corrected chi connectivity index (χ3v) is 3.50. The van der Waals surface area contributed by atoms with Gasteiger partial charge < -0.3 is 5.32 Å². The summed E-state index contributed by atoms with van der Waals surface area (Å²) in [6.07, 6.45) is 0. The molecule has 0 heterocycles. The second-order valence-corrected chi connectivity index (χ2v) is 5.12. The molecule has 1 aromatic rings. The number of carbonyl (C=O) groups excluding carboxylic acids is 2. The van der Waals surface area contributed by atoms with Gasteiger partial charge in [-0.1, -0.05) is 6.92 Å². The first-order chi connectivity index (χ1) is 9.77. The lowest BCUT2D eigenvalue weighted by atomic mass is 10.0. The summed E-state index contributed by atoms with van der Waals surface area (Å²) in [7, 11) is 3.26. The Morgan fingerprint density at radius 3 is 2.38 bits per heavy atom. The molecule has 0 saturated heterocycles. The Morgan fingerprint density at radius 1 is 1.24 bits per heavy atom. The summed E-state index contributed by atoms with van der Waals surface area (Å²) in [5, 5.41) is 2.54. The SMILES string of the molecule is CNC(=O)C(C)CN(C)C(C)C(=O)c1ccc(F)c(F)c1. The van der Waals surface area contributed by atoms with Crippen LogP contribution in [0.25, 0.3) is 0 Å². The molecule has 0 bridgehead atoms. The van der Waals surface area contributed by atoms with Crippen molar-refractivity contribution < 1.29 is 18.4 Å². The third-order valence-electron chi connectivity index (χ3n) is 3.50. The van der Waals surface area contributed by atoms with Crippen molar-refractivity contribution in [3.05, 3.63) is 35.4 Å². The molecule has 1 rings (SSSR count). The second kappa shape index (κ2) is 7.26. The number of hydrogen-bond donors (Lipinski definition) is 1. The molecule has 0 aromatic heterocycles. The van der Waals surface area contributed by atoms with E-state index in [0.717, 1.165) is 12.1 Å². The highest BCUT2D eigenvalue weighted by Crippen LogP contribution is 2.13. The number of hydrogen-bond acceptors (Lipinski definition) is 3. The number of Topliss-reactive ketones (excluding diaryl/α,β-unsaturated/α-hetero) is 1. The molecule has 1 aromatic carbocycles. The van der Waals surface area contributed by atoms with E-state index in [1.54, 1.807) is 32.8 Å². The molecule has 0 aliphatic carbocycles. The average molecular weight is 298 g/mol. The predicted molar refractivity (Wildman–Crippen MR) is 76.0 cm³/mol. The maximum absolute atomic E-state index is 13.2. The summed E-state index contributed by atoms with van der Waals surface area (Å²) in [6.45, 7) is 3.81. The van der Waals surface area contributed by atoms with E-state index < -0.39 is 17.7 Å². The summed E-state index contributed by atoms with van der Waals surface area (Å²) in [6, 6.07) is 2.54. The van der Waals surface area contributed by atoms with Crippen molar-refractivity contribution in [3.8, 4) is 0 Å². The maximum Gasteiger partial charge on any atom is 0.223 e. The number of halogens is 2.